The molecule has 0 saturated carbocycles. The first-order valence-corrected chi connectivity index (χ1v) is 5.29. The summed E-state index contributed by atoms with van der Waals surface area (Å²) in [5.41, 5.74) is 8.22. The predicted molar refractivity (Wildman–Crippen MR) is 59.5 cm³/mol. The van der Waals surface area contributed by atoms with E-state index in [0.717, 1.165) is 36.5 Å². The first kappa shape index (κ1) is 10.3. The molecule has 1 aliphatic rings. The fourth-order valence-electron chi connectivity index (χ4n) is 1.97. The van der Waals surface area contributed by atoms with Gasteiger partial charge in [0, 0.05) is 18.0 Å². The van der Waals surface area contributed by atoms with E-state index in [1.165, 1.54) is 5.56 Å². The van der Waals surface area contributed by atoms with Crippen LogP contribution < -0.4 is 15.2 Å². The zero-order valence-corrected chi connectivity index (χ0v) is 9.25. The van der Waals surface area contributed by atoms with E-state index in [2.05, 4.69) is 0 Å². The Bertz CT molecular complexity index is 361. The Morgan fingerprint density at radius 2 is 2.33 bits per heavy atom. The van der Waals surface area contributed by atoms with E-state index in [1.54, 1.807) is 7.11 Å². The lowest BCUT2D eigenvalue weighted by atomic mass is 10.0. The van der Waals surface area contributed by atoms with Crippen LogP contribution in [0.2, 0.25) is 0 Å². The number of methoxy groups -OCH3 is 1. The molecule has 0 saturated heterocycles. The van der Waals surface area contributed by atoms with E-state index in [4.69, 9.17) is 15.2 Å². The molecule has 1 atom stereocenters. The van der Waals surface area contributed by atoms with Gasteiger partial charge in [0.05, 0.1) is 13.7 Å². The van der Waals surface area contributed by atoms with Gasteiger partial charge in [-0.3, -0.25) is 0 Å². The molecule has 3 heteroatoms. The molecule has 1 unspecified atom stereocenters. The van der Waals surface area contributed by atoms with E-state index in [-0.39, 0.29) is 6.04 Å². The van der Waals surface area contributed by atoms with Crippen LogP contribution in [-0.4, -0.2) is 19.8 Å². The van der Waals surface area contributed by atoms with Gasteiger partial charge in [-0.05, 0) is 31.0 Å². The lowest BCUT2D eigenvalue weighted by Crippen LogP contribution is -2.18. The molecule has 2 N–H and O–H groups in total. The van der Waals surface area contributed by atoms with Crippen molar-refractivity contribution >= 4 is 0 Å². The summed E-state index contributed by atoms with van der Waals surface area (Å²) in [6.07, 6.45) is 1.80. The summed E-state index contributed by atoms with van der Waals surface area (Å²) in [6, 6.07) is 4.21. The Balaban J connectivity index is 2.38. The molecule has 0 aliphatic carbocycles. The Labute approximate surface area is 90.2 Å². The average Bonchev–Trinajstić information content (AvgIpc) is 2.64. The summed E-state index contributed by atoms with van der Waals surface area (Å²) in [7, 11) is 1.69. The minimum atomic E-state index is 0.144. The third-order valence-electron chi connectivity index (χ3n) is 2.61. The highest BCUT2D eigenvalue weighted by atomic mass is 16.5. The maximum atomic E-state index is 5.81. The molecule has 0 aromatic heterocycles. The number of hydrogen-bond donors (Lipinski definition) is 1. The zero-order valence-electron chi connectivity index (χ0n) is 9.25. The fraction of sp³-hybridized carbons (Fsp3) is 0.500. The van der Waals surface area contributed by atoms with Crippen molar-refractivity contribution in [2.45, 2.75) is 25.8 Å². The van der Waals surface area contributed by atoms with Crippen LogP contribution in [0.5, 0.6) is 11.5 Å². The number of ether oxygens (including phenoxy) is 2. The van der Waals surface area contributed by atoms with Crippen molar-refractivity contribution < 1.29 is 9.47 Å². The van der Waals surface area contributed by atoms with Crippen molar-refractivity contribution in [1.29, 1.82) is 0 Å². The first-order chi connectivity index (χ1) is 7.20. The minimum absolute atomic E-state index is 0.144. The second-order valence-electron chi connectivity index (χ2n) is 4.05. The van der Waals surface area contributed by atoms with E-state index in [1.807, 2.05) is 19.1 Å². The molecule has 1 aromatic carbocycles. The summed E-state index contributed by atoms with van der Waals surface area (Å²) in [6.45, 7) is 2.77. The standard InChI is InChI=1S/C12H17NO2/c1-8(13)5-10-7-11(14-2)6-9-3-4-15-12(9)10/h6-8H,3-5,13H2,1-2H3. The van der Waals surface area contributed by atoms with E-state index in [0.29, 0.717) is 0 Å². The van der Waals surface area contributed by atoms with E-state index >= 15 is 0 Å². The molecule has 3 nitrogen and oxygen atoms in total. The molecule has 15 heavy (non-hydrogen) atoms. The molecule has 0 amide bonds. The topological polar surface area (TPSA) is 44.5 Å². The minimum Gasteiger partial charge on any atom is -0.497 e. The monoisotopic (exact) mass is 207 g/mol. The van der Waals surface area contributed by atoms with Crippen molar-refractivity contribution in [1.82, 2.24) is 0 Å². The summed E-state index contributed by atoms with van der Waals surface area (Å²) < 4.78 is 10.9. The SMILES string of the molecule is COc1cc2c(c(CC(C)N)c1)OCC2. The number of nitrogens with two attached hydrogens (primary N) is 1. The second-order valence-corrected chi connectivity index (χ2v) is 4.05. The van der Waals surface area contributed by atoms with Crippen LogP contribution in [0.4, 0.5) is 0 Å². The number of rotatable bonds is 3. The maximum Gasteiger partial charge on any atom is 0.126 e. The molecule has 0 radical (unpaired) electrons. The second kappa shape index (κ2) is 4.11. The van der Waals surface area contributed by atoms with Gasteiger partial charge in [0.15, 0.2) is 0 Å². The largest absolute Gasteiger partial charge is 0.497 e. The van der Waals surface area contributed by atoms with Crippen LogP contribution in [0.15, 0.2) is 12.1 Å². The molecular weight excluding hydrogens is 190 g/mol. The summed E-state index contributed by atoms with van der Waals surface area (Å²) >= 11 is 0. The van der Waals surface area contributed by atoms with Crippen LogP contribution in [0, 0.1) is 0 Å². The Kier molecular flexibility index (Phi) is 2.82. The van der Waals surface area contributed by atoms with Gasteiger partial charge in [-0.1, -0.05) is 0 Å². The number of hydrogen-bond acceptors (Lipinski definition) is 3. The summed E-state index contributed by atoms with van der Waals surface area (Å²) in [5.74, 6) is 1.92. The lowest BCUT2D eigenvalue weighted by Gasteiger charge is -2.12. The Morgan fingerprint density at radius 3 is 3.00 bits per heavy atom. The van der Waals surface area contributed by atoms with Gasteiger partial charge >= 0.3 is 0 Å². The maximum absolute atomic E-state index is 5.81. The zero-order chi connectivity index (χ0) is 10.8. The highest BCUT2D eigenvalue weighted by Gasteiger charge is 2.18. The van der Waals surface area contributed by atoms with Crippen LogP contribution in [-0.2, 0) is 12.8 Å². The normalized spacial score (nSPS) is 15.7. The average molecular weight is 207 g/mol. The van der Waals surface area contributed by atoms with Gasteiger partial charge in [-0.15, -0.1) is 0 Å². The molecule has 2 rings (SSSR count). The smallest absolute Gasteiger partial charge is 0.126 e. The molecule has 0 fully saturated rings. The molecule has 1 aromatic rings. The van der Waals surface area contributed by atoms with Crippen molar-refractivity contribution in [3.63, 3.8) is 0 Å². The molecule has 1 aliphatic heterocycles. The van der Waals surface area contributed by atoms with Crippen molar-refractivity contribution in [3.05, 3.63) is 23.3 Å². The molecule has 1 heterocycles. The third-order valence-corrected chi connectivity index (χ3v) is 2.61. The lowest BCUT2D eigenvalue weighted by molar-refractivity contribution is 0.352. The van der Waals surface area contributed by atoms with Gasteiger partial charge in [0.1, 0.15) is 11.5 Å². The molecule has 0 bridgehead atoms. The highest BCUT2D eigenvalue weighted by Crippen LogP contribution is 2.34. The van der Waals surface area contributed by atoms with E-state index < -0.39 is 0 Å². The van der Waals surface area contributed by atoms with Gasteiger partial charge in [0.2, 0.25) is 0 Å². The quantitative estimate of drug-likeness (QED) is 0.817. The van der Waals surface area contributed by atoms with Crippen molar-refractivity contribution in [3.8, 4) is 11.5 Å². The van der Waals surface area contributed by atoms with Crippen LogP contribution in [0.25, 0.3) is 0 Å². The highest BCUT2D eigenvalue weighted by molar-refractivity contribution is 5.49. The number of fused-ring (bicyclic) bond motifs is 1. The van der Waals surface area contributed by atoms with Crippen molar-refractivity contribution in [2.75, 3.05) is 13.7 Å². The van der Waals surface area contributed by atoms with Crippen LogP contribution in [0.3, 0.4) is 0 Å². The molecule has 0 spiro atoms. The molecule has 82 valence electrons. The summed E-state index contributed by atoms with van der Waals surface area (Å²) in [5, 5.41) is 0. The summed E-state index contributed by atoms with van der Waals surface area (Å²) in [4.78, 5) is 0. The van der Waals surface area contributed by atoms with Crippen LogP contribution >= 0.6 is 0 Å². The van der Waals surface area contributed by atoms with Gasteiger partial charge < -0.3 is 15.2 Å². The van der Waals surface area contributed by atoms with Gasteiger partial charge in [0.25, 0.3) is 0 Å². The van der Waals surface area contributed by atoms with Crippen LogP contribution in [0.1, 0.15) is 18.1 Å². The molecular formula is C12H17NO2. The fourth-order valence-corrected chi connectivity index (χ4v) is 1.97. The van der Waals surface area contributed by atoms with Gasteiger partial charge in [-0.25, -0.2) is 0 Å². The van der Waals surface area contributed by atoms with E-state index in [9.17, 15) is 0 Å². The van der Waals surface area contributed by atoms with Gasteiger partial charge in [-0.2, -0.15) is 0 Å². The number of benzene rings is 1. The predicted octanol–water partition coefficient (Wildman–Crippen LogP) is 1.52. The Morgan fingerprint density at radius 1 is 1.53 bits per heavy atom. The first-order valence-electron chi connectivity index (χ1n) is 5.29. The van der Waals surface area contributed by atoms with Crippen molar-refractivity contribution in [2.24, 2.45) is 5.73 Å². The third kappa shape index (κ3) is 2.07. The Hall–Kier alpha value is -1.22.